The Morgan fingerprint density at radius 2 is 1.82 bits per heavy atom. The van der Waals surface area contributed by atoms with E-state index in [1.165, 1.54) is 11.8 Å². The van der Waals surface area contributed by atoms with Gasteiger partial charge in [0.2, 0.25) is 0 Å². The van der Waals surface area contributed by atoms with Gasteiger partial charge in [-0.05, 0) is 17.7 Å². The highest BCUT2D eigenvalue weighted by Crippen LogP contribution is 2.09. The Hall–Kier alpha value is -2.33. The zero-order chi connectivity index (χ0) is 15.2. The minimum absolute atomic E-state index is 0.00974. The summed E-state index contributed by atoms with van der Waals surface area (Å²) in [5.74, 6) is 0.418. The molecule has 4 heteroatoms. The summed E-state index contributed by atoms with van der Waals surface area (Å²) in [6, 6.07) is 13.8. The Balaban J connectivity index is 1.46. The molecule has 2 heterocycles. The minimum atomic E-state index is -0.00974. The van der Waals surface area contributed by atoms with E-state index in [-0.39, 0.29) is 5.91 Å². The van der Waals surface area contributed by atoms with Crippen molar-refractivity contribution in [3.63, 3.8) is 0 Å². The molecule has 0 unspecified atom stereocenters. The maximum absolute atomic E-state index is 12.2. The van der Waals surface area contributed by atoms with Gasteiger partial charge in [0.15, 0.2) is 5.76 Å². The normalized spacial score (nSPS) is 16.3. The lowest BCUT2D eigenvalue weighted by Crippen LogP contribution is -2.48. The molecule has 1 aliphatic rings. The zero-order valence-electron chi connectivity index (χ0n) is 12.5. The number of furan rings is 1. The van der Waals surface area contributed by atoms with Gasteiger partial charge in [0.25, 0.3) is 5.91 Å². The topological polar surface area (TPSA) is 36.7 Å². The van der Waals surface area contributed by atoms with Gasteiger partial charge in [0.05, 0.1) is 6.26 Å². The summed E-state index contributed by atoms with van der Waals surface area (Å²) < 4.78 is 5.17. The first kappa shape index (κ1) is 14.6. The van der Waals surface area contributed by atoms with Gasteiger partial charge in [0.1, 0.15) is 0 Å². The summed E-state index contributed by atoms with van der Waals surface area (Å²) in [7, 11) is 0. The van der Waals surface area contributed by atoms with Crippen molar-refractivity contribution in [3.05, 3.63) is 66.1 Å². The van der Waals surface area contributed by atoms with Gasteiger partial charge in [0, 0.05) is 32.7 Å². The van der Waals surface area contributed by atoms with Crippen LogP contribution in [0.2, 0.25) is 0 Å². The van der Waals surface area contributed by atoms with Crippen LogP contribution in [-0.2, 0) is 0 Å². The Labute approximate surface area is 130 Å². The summed E-state index contributed by atoms with van der Waals surface area (Å²) >= 11 is 0. The predicted molar refractivity (Wildman–Crippen MR) is 86.5 cm³/mol. The number of amides is 1. The quantitative estimate of drug-likeness (QED) is 0.870. The highest BCUT2D eigenvalue weighted by Gasteiger charge is 2.22. The molecule has 1 aromatic heterocycles. The molecule has 0 saturated carbocycles. The van der Waals surface area contributed by atoms with Crippen LogP contribution in [0.1, 0.15) is 16.1 Å². The smallest absolute Gasteiger partial charge is 0.289 e. The van der Waals surface area contributed by atoms with Crippen LogP contribution in [0.15, 0.2) is 59.2 Å². The molecule has 4 nitrogen and oxygen atoms in total. The maximum atomic E-state index is 12.2. The molecule has 2 aromatic rings. The van der Waals surface area contributed by atoms with Crippen molar-refractivity contribution < 1.29 is 9.21 Å². The van der Waals surface area contributed by atoms with E-state index in [9.17, 15) is 4.79 Å². The van der Waals surface area contributed by atoms with E-state index in [0.29, 0.717) is 5.76 Å². The van der Waals surface area contributed by atoms with Crippen molar-refractivity contribution in [1.29, 1.82) is 0 Å². The fraction of sp³-hybridized carbons (Fsp3) is 0.278. The standard InChI is InChI=1S/C18H20N2O2/c21-18(17-9-5-15-22-17)20-13-11-19(12-14-20)10-4-8-16-6-2-1-3-7-16/h1-9,15H,10-14H2. The summed E-state index contributed by atoms with van der Waals surface area (Å²) in [4.78, 5) is 16.4. The van der Waals surface area contributed by atoms with Gasteiger partial charge in [-0.25, -0.2) is 0 Å². The van der Waals surface area contributed by atoms with Gasteiger partial charge in [-0.3, -0.25) is 9.69 Å². The van der Waals surface area contributed by atoms with Gasteiger partial charge < -0.3 is 9.32 Å². The van der Waals surface area contributed by atoms with Gasteiger partial charge in [-0.1, -0.05) is 42.5 Å². The van der Waals surface area contributed by atoms with E-state index in [1.807, 2.05) is 23.1 Å². The van der Waals surface area contributed by atoms with E-state index in [1.54, 1.807) is 12.1 Å². The number of carbonyl (C=O) groups is 1. The van der Waals surface area contributed by atoms with Crippen molar-refractivity contribution in [1.82, 2.24) is 9.80 Å². The van der Waals surface area contributed by atoms with E-state index in [4.69, 9.17) is 4.42 Å². The van der Waals surface area contributed by atoms with Crippen LogP contribution >= 0.6 is 0 Å². The maximum Gasteiger partial charge on any atom is 0.289 e. The Bertz CT molecular complexity index is 612. The van der Waals surface area contributed by atoms with Gasteiger partial charge in [-0.15, -0.1) is 0 Å². The average molecular weight is 296 g/mol. The van der Waals surface area contributed by atoms with Crippen LogP contribution in [0.3, 0.4) is 0 Å². The number of rotatable bonds is 4. The summed E-state index contributed by atoms with van der Waals surface area (Å²) in [5, 5.41) is 0. The number of carbonyl (C=O) groups excluding carboxylic acids is 1. The van der Waals surface area contributed by atoms with Crippen molar-refractivity contribution in [2.75, 3.05) is 32.7 Å². The first-order valence-electron chi connectivity index (χ1n) is 7.59. The summed E-state index contributed by atoms with van der Waals surface area (Å²) in [6.07, 6.45) is 5.86. The lowest BCUT2D eigenvalue weighted by atomic mass is 10.2. The zero-order valence-corrected chi connectivity index (χ0v) is 12.5. The van der Waals surface area contributed by atoms with Crippen LogP contribution in [0.5, 0.6) is 0 Å². The van der Waals surface area contributed by atoms with Gasteiger partial charge in [-0.2, -0.15) is 0 Å². The van der Waals surface area contributed by atoms with Crippen LogP contribution in [0.25, 0.3) is 6.08 Å². The average Bonchev–Trinajstić information content (AvgIpc) is 3.10. The van der Waals surface area contributed by atoms with Crippen LogP contribution in [-0.4, -0.2) is 48.4 Å². The molecular formula is C18H20N2O2. The molecule has 3 rings (SSSR count). The van der Waals surface area contributed by atoms with E-state index < -0.39 is 0 Å². The lowest BCUT2D eigenvalue weighted by molar-refractivity contribution is 0.0619. The number of hydrogen-bond acceptors (Lipinski definition) is 3. The largest absolute Gasteiger partial charge is 0.459 e. The number of benzene rings is 1. The van der Waals surface area contributed by atoms with E-state index in [0.717, 1.165) is 32.7 Å². The monoisotopic (exact) mass is 296 g/mol. The van der Waals surface area contributed by atoms with Crippen molar-refractivity contribution in [3.8, 4) is 0 Å². The van der Waals surface area contributed by atoms with Crippen molar-refractivity contribution >= 4 is 12.0 Å². The molecule has 0 bridgehead atoms. The second kappa shape index (κ2) is 7.09. The Kier molecular flexibility index (Phi) is 4.71. The third-order valence-electron chi connectivity index (χ3n) is 3.86. The third-order valence-corrected chi connectivity index (χ3v) is 3.86. The highest BCUT2D eigenvalue weighted by molar-refractivity contribution is 5.91. The molecule has 0 spiro atoms. The molecule has 1 amide bonds. The number of nitrogens with zero attached hydrogens (tertiary/aromatic N) is 2. The van der Waals surface area contributed by atoms with Crippen LogP contribution in [0.4, 0.5) is 0 Å². The number of hydrogen-bond donors (Lipinski definition) is 0. The molecule has 1 aromatic carbocycles. The van der Waals surface area contributed by atoms with Crippen LogP contribution < -0.4 is 0 Å². The molecule has 0 radical (unpaired) electrons. The third kappa shape index (κ3) is 3.65. The molecule has 22 heavy (non-hydrogen) atoms. The van der Waals surface area contributed by atoms with Crippen molar-refractivity contribution in [2.45, 2.75) is 0 Å². The fourth-order valence-electron chi connectivity index (χ4n) is 2.59. The molecule has 114 valence electrons. The Morgan fingerprint density at radius 1 is 1.05 bits per heavy atom. The van der Waals surface area contributed by atoms with Gasteiger partial charge >= 0.3 is 0 Å². The summed E-state index contributed by atoms with van der Waals surface area (Å²) in [5.41, 5.74) is 1.22. The predicted octanol–water partition coefficient (Wildman–Crippen LogP) is 2.75. The molecular weight excluding hydrogens is 276 g/mol. The molecule has 1 aliphatic heterocycles. The lowest BCUT2D eigenvalue weighted by Gasteiger charge is -2.33. The Morgan fingerprint density at radius 3 is 2.50 bits per heavy atom. The molecule has 1 saturated heterocycles. The van der Waals surface area contributed by atoms with Crippen LogP contribution in [0, 0.1) is 0 Å². The SMILES string of the molecule is O=C(c1ccco1)N1CCN(CC=Cc2ccccc2)CC1. The van der Waals surface area contributed by atoms with Crippen molar-refractivity contribution in [2.24, 2.45) is 0 Å². The van der Waals surface area contributed by atoms with E-state index >= 15 is 0 Å². The second-order valence-corrected chi connectivity index (χ2v) is 5.38. The first-order chi connectivity index (χ1) is 10.8. The minimum Gasteiger partial charge on any atom is -0.459 e. The molecule has 0 aliphatic carbocycles. The van der Waals surface area contributed by atoms with E-state index in [2.05, 4.69) is 29.2 Å². The first-order valence-corrected chi connectivity index (χ1v) is 7.59. The molecule has 1 fully saturated rings. The fourth-order valence-corrected chi connectivity index (χ4v) is 2.59. The molecule has 0 N–H and O–H groups in total. The highest BCUT2D eigenvalue weighted by atomic mass is 16.3. The second-order valence-electron chi connectivity index (χ2n) is 5.38. The summed E-state index contributed by atoms with van der Waals surface area (Å²) in [6.45, 7) is 4.20. The number of piperazine rings is 1. The molecule has 0 atom stereocenters.